The first-order chi connectivity index (χ1) is 8.79. The van der Waals surface area contributed by atoms with Crippen molar-refractivity contribution in [1.82, 2.24) is 0 Å². The Balaban J connectivity index is 2.11. The van der Waals surface area contributed by atoms with Crippen LogP contribution in [0.25, 0.3) is 0 Å². The minimum atomic E-state index is 0.434. The van der Waals surface area contributed by atoms with Gasteiger partial charge in [-0.2, -0.15) is 5.10 Å². The molecule has 0 amide bonds. The van der Waals surface area contributed by atoms with E-state index in [9.17, 15) is 4.79 Å². The molecule has 1 fully saturated rings. The molecule has 0 atom stereocenters. The van der Waals surface area contributed by atoms with Crippen LogP contribution in [-0.2, 0) is 4.79 Å². The topological polar surface area (TPSA) is 50.7 Å². The second-order valence-electron chi connectivity index (χ2n) is 4.56. The summed E-state index contributed by atoms with van der Waals surface area (Å²) in [4.78, 5) is 10.4. The average molecular weight is 246 g/mol. The van der Waals surface area contributed by atoms with Crippen LogP contribution in [0.2, 0.25) is 0 Å². The first-order valence-electron chi connectivity index (χ1n) is 6.32. The van der Waals surface area contributed by atoms with Gasteiger partial charge in [0.05, 0.1) is 5.69 Å². The Bertz CT molecular complexity index is 447. The molecule has 4 heteroatoms. The van der Waals surface area contributed by atoms with Crippen molar-refractivity contribution >= 4 is 17.9 Å². The van der Waals surface area contributed by atoms with E-state index in [1.54, 1.807) is 6.07 Å². The third kappa shape index (κ3) is 3.32. The van der Waals surface area contributed by atoms with Gasteiger partial charge in [0.1, 0.15) is 0 Å². The second-order valence-corrected chi connectivity index (χ2v) is 4.56. The normalized spacial score (nSPS) is 15.1. The Labute approximate surface area is 107 Å². The number of nitrogens with one attached hydrogen (secondary N) is 1. The van der Waals surface area contributed by atoms with Gasteiger partial charge in [0.15, 0.2) is 5.75 Å². The highest BCUT2D eigenvalue weighted by Crippen LogP contribution is 2.25. The summed E-state index contributed by atoms with van der Waals surface area (Å²) < 4.78 is 4.92. The molecule has 1 aromatic rings. The molecule has 0 radical (unpaired) electrons. The Morgan fingerprint density at radius 1 is 1.28 bits per heavy atom. The number of hydrogen-bond donors (Lipinski definition) is 1. The van der Waals surface area contributed by atoms with E-state index in [2.05, 4.69) is 10.5 Å². The van der Waals surface area contributed by atoms with Gasteiger partial charge in [-0.15, -0.1) is 0 Å². The zero-order valence-electron chi connectivity index (χ0n) is 10.6. The van der Waals surface area contributed by atoms with E-state index in [1.165, 1.54) is 25.0 Å². The van der Waals surface area contributed by atoms with Gasteiger partial charge < -0.3 is 4.74 Å². The zero-order valence-corrected chi connectivity index (χ0v) is 10.6. The van der Waals surface area contributed by atoms with Gasteiger partial charge in [-0.3, -0.25) is 10.2 Å². The molecule has 4 nitrogen and oxygen atoms in total. The van der Waals surface area contributed by atoms with E-state index in [0.717, 1.165) is 24.1 Å². The summed E-state index contributed by atoms with van der Waals surface area (Å²) in [6.07, 6.45) is 5.84. The molecule has 96 valence electrons. The molecular formula is C14H18N2O2. The van der Waals surface area contributed by atoms with Crippen molar-refractivity contribution in [3.8, 4) is 5.75 Å². The van der Waals surface area contributed by atoms with Gasteiger partial charge in [-0.25, -0.2) is 0 Å². The summed E-state index contributed by atoms with van der Waals surface area (Å²) >= 11 is 0. The van der Waals surface area contributed by atoms with E-state index >= 15 is 0 Å². The summed E-state index contributed by atoms with van der Waals surface area (Å²) in [7, 11) is 0. The number of carbonyl (C=O) groups is 1. The lowest BCUT2D eigenvalue weighted by atomic mass is 9.99. The minimum absolute atomic E-state index is 0.434. The largest absolute Gasteiger partial charge is 0.426 e. The van der Waals surface area contributed by atoms with E-state index in [-0.39, 0.29) is 0 Å². The van der Waals surface area contributed by atoms with E-state index in [4.69, 9.17) is 4.74 Å². The quantitative estimate of drug-likeness (QED) is 0.655. The fourth-order valence-corrected chi connectivity index (χ4v) is 2.10. The summed E-state index contributed by atoms with van der Waals surface area (Å²) in [5, 5.41) is 4.41. The maximum absolute atomic E-state index is 10.4. The molecule has 1 aromatic carbocycles. The number of ether oxygens (including phenoxy) is 1. The third-order valence-electron chi connectivity index (χ3n) is 3.08. The third-order valence-corrected chi connectivity index (χ3v) is 3.08. The van der Waals surface area contributed by atoms with Crippen LogP contribution < -0.4 is 10.2 Å². The van der Waals surface area contributed by atoms with Crippen molar-refractivity contribution in [2.75, 3.05) is 5.43 Å². The van der Waals surface area contributed by atoms with Gasteiger partial charge in [0.2, 0.25) is 0 Å². The lowest BCUT2D eigenvalue weighted by Gasteiger charge is -2.13. The maximum Gasteiger partial charge on any atom is 0.298 e. The highest BCUT2D eigenvalue weighted by molar-refractivity contribution is 5.85. The Morgan fingerprint density at radius 3 is 2.78 bits per heavy atom. The van der Waals surface area contributed by atoms with Crippen LogP contribution >= 0.6 is 0 Å². The molecule has 0 aromatic heterocycles. The van der Waals surface area contributed by atoms with Crippen molar-refractivity contribution in [1.29, 1.82) is 0 Å². The van der Waals surface area contributed by atoms with Crippen LogP contribution in [0.5, 0.6) is 5.75 Å². The Kier molecular flexibility index (Phi) is 4.34. The summed E-state index contributed by atoms with van der Waals surface area (Å²) in [5.41, 5.74) is 6.04. The first kappa shape index (κ1) is 12.6. The maximum atomic E-state index is 10.4. The summed E-state index contributed by atoms with van der Waals surface area (Å²) in [5.74, 6) is 0.510. The van der Waals surface area contributed by atoms with E-state index in [1.807, 2.05) is 19.1 Å². The molecule has 0 bridgehead atoms. The molecule has 0 saturated heterocycles. The molecule has 1 N–H and O–H groups in total. The fourth-order valence-electron chi connectivity index (χ4n) is 2.10. The number of aryl methyl sites for hydroxylation is 1. The van der Waals surface area contributed by atoms with Gasteiger partial charge in [-0.05, 0) is 50.3 Å². The number of hydrazone groups is 1. The van der Waals surface area contributed by atoms with E-state index in [0.29, 0.717) is 12.2 Å². The van der Waals surface area contributed by atoms with Crippen molar-refractivity contribution in [2.45, 2.75) is 39.0 Å². The average Bonchev–Trinajstić information content (AvgIpc) is 2.40. The Hall–Kier alpha value is -1.84. The standard InChI is InChI=1S/C14H18N2O2/c1-11-7-8-14(18-10-17)13(9-11)16-15-12-5-3-2-4-6-12/h7-10,16H,2-6H2,1H3. The highest BCUT2D eigenvalue weighted by atomic mass is 16.5. The second kappa shape index (κ2) is 6.19. The zero-order chi connectivity index (χ0) is 12.8. The molecule has 2 rings (SSSR count). The molecular weight excluding hydrogens is 228 g/mol. The van der Waals surface area contributed by atoms with E-state index < -0.39 is 0 Å². The van der Waals surface area contributed by atoms with Crippen LogP contribution in [0.3, 0.4) is 0 Å². The predicted octanol–water partition coefficient (Wildman–Crippen LogP) is 3.26. The minimum Gasteiger partial charge on any atom is -0.426 e. The van der Waals surface area contributed by atoms with Crippen molar-refractivity contribution in [3.05, 3.63) is 23.8 Å². The SMILES string of the molecule is Cc1ccc(OC=O)c(NN=C2CCCCC2)c1. The summed E-state index contributed by atoms with van der Waals surface area (Å²) in [6, 6.07) is 5.59. The number of nitrogens with zero attached hydrogens (tertiary/aromatic N) is 1. The Morgan fingerprint density at radius 2 is 2.06 bits per heavy atom. The fraction of sp³-hybridized carbons (Fsp3) is 0.429. The molecule has 1 saturated carbocycles. The number of benzene rings is 1. The monoisotopic (exact) mass is 246 g/mol. The van der Waals surface area contributed by atoms with Crippen LogP contribution in [-0.4, -0.2) is 12.2 Å². The molecule has 0 unspecified atom stereocenters. The van der Waals surface area contributed by atoms with Gasteiger partial charge in [-0.1, -0.05) is 12.5 Å². The summed E-state index contributed by atoms with van der Waals surface area (Å²) in [6.45, 7) is 2.42. The number of rotatable bonds is 4. The lowest BCUT2D eigenvalue weighted by Crippen LogP contribution is -2.07. The molecule has 0 spiro atoms. The molecule has 0 aliphatic heterocycles. The first-order valence-corrected chi connectivity index (χ1v) is 6.32. The van der Waals surface area contributed by atoms with Gasteiger partial charge in [0, 0.05) is 5.71 Å². The number of anilines is 1. The molecule has 0 heterocycles. The van der Waals surface area contributed by atoms with Crippen molar-refractivity contribution in [3.63, 3.8) is 0 Å². The highest BCUT2D eigenvalue weighted by Gasteiger charge is 2.08. The van der Waals surface area contributed by atoms with Crippen molar-refractivity contribution in [2.24, 2.45) is 5.10 Å². The lowest BCUT2D eigenvalue weighted by molar-refractivity contribution is -0.120. The smallest absolute Gasteiger partial charge is 0.298 e. The van der Waals surface area contributed by atoms with Gasteiger partial charge >= 0.3 is 0 Å². The van der Waals surface area contributed by atoms with Crippen LogP contribution in [0.15, 0.2) is 23.3 Å². The number of hydrogen-bond acceptors (Lipinski definition) is 4. The molecule has 1 aliphatic carbocycles. The van der Waals surface area contributed by atoms with Crippen LogP contribution in [0, 0.1) is 6.92 Å². The van der Waals surface area contributed by atoms with Crippen LogP contribution in [0.4, 0.5) is 5.69 Å². The predicted molar refractivity (Wildman–Crippen MR) is 72.0 cm³/mol. The number of carbonyl (C=O) groups excluding carboxylic acids is 1. The molecule has 18 heavy (non-hydrogen) atoms. The molecule has 1 aliphatic rings. The van der Waals surface area contributed by atoms with Crippen LogP contribution in [0.1, 0.15) is 37.7 Å². The van der Waals surface area contributed by atoms with Crippen molar-refractivity contribution < 1.29 is 9.53 Å². The van der Waals surface area contributed by atoms with Gasteiger partial charge in [0.25, 0.3) is 6.47 Å².